The molecule has 0 radical (unpaired) electrons. The first-order chi connectivity index (χ1) is 11.2. The van der Waals surface area contributed by atoms with Crippen molar-refractivity contribution in [3.05, 3.63) is 34.2 Å². The van der Waals surface area contributed by atoms with Gasteiger partial charge in [0.2, 0.25) is 11.8 Å². The van der Waals surface area contributed by atoms with E-state index in [4.69, 9.17) is 9.84 Å². The molecule has 0 aromatic carbocycles. The zero-order chi connectivity index (χ0) is 16.2. The summed E-state index contributed by atoms with van der Waals surface area (Å²) >= 11 is 1.28. The molecule has 3 rings (SSSR count). The average molecular weight is 334 g/mol. The molecule has 0 atom stereocenters. The highest BCUT2D eigenvalue weighted by Crippen LogP contribution is 2.19. The van der Waals surface area contributed by atoms with Crippen molar-refractivity contribution in [2.75, 3.05) is 38.2 Å². The summed E-state index contributed by atoms with van der Waals surface area (Å²) in [6, 6.07) is 3.49. The van der Waals surface area contributed by atoms with E-state index in [0.717, 1.165) is 38.3 Å². The summed E-state index contributed by atoms with van der Waals surface area (Å²) in [5.74, 6) is 0.394. The number of ether oxygens (including phenoxy) is 1. The van der Waals surface area contributed by atoms with E-state index >= 15 is 0 Å². The first kappa shape index (κ1) is 15.7. The van der Waals surface area contributed by atoms with Crippen molar-refractivity contribution in [1.29, 1.82) is 0 Å². The monoisotopic (exact) mass is 334 g/mol. The Kier molecular flexibility index (Phi) is 4.73. The van der Waals surface area contributed by atoms with Crippen molar-refractivity contribution >= 4 is 23.3 Å². The largest absolute Gasteiger partial charge is 0.481 e. The van der Waals surface area contributed by atoms with Crippen LogP contribution in [0.2, 0.25) is 0 Å². The van der Waals surface area contributed by atoms with Crippen LogP contribution in [0.3, 0.4) is 0 Å². The van der Waals surface area contributed by atoms with Crippen LogP contribution in [0, 0.1) is 0 Å². The smallest absolute Gasteiger partial charge is 0.345 e. The lowest BCUT2D eigenvalue weighted by atomic mass is 10.2. The van der Waals surface area contributed by atoms with Crippen LogP contribution >= 0.6 is 11.3 Å². The molecule has 0 amide bonds. The molecule has 0 saturated carbocycles. The molecule has 2 aromatic rings. The van der Waals surface area contributed by atoms with Crippen LogP contribution in [0.5, 0.6) is 5.88 Å². The summed E-state index contributed by atoms with van der Waals surface area (Å²) in [5, 5.41) is 10.9. The molecule has 1 N–H and O–H groups in total. The number of anilines is 1. The van der Waals surface area contributed by atoms with Crippen LogP contribution in [-0.4, -0.2) is 59.2 Å². The normalized spacial score (nSPS) is 15.6. The lowest BCUT2D eigenvalue weighted by Gasteiger charge is -2.34. The van der Waals surface area contributed by atoms with Crippen molar-refractivity contribution in [3.8, 4) is 5.88 Å². The van der Waals surface area contributed by atoms with E-state index in [-0.39, 0.29) is 0 Å². The number of hydrogen-bond acceptors (Lipinski definition) is 7. The predicted octanol–water partition coefficient (Wildman–Crippen LogP) is 1.57. The average Bonchev–Trinajstić information content (AvgIpc) is 3.04. The number of piperazine rings is 1. The maximum absolute atomic E-state index is 10.9. The number of thiophene rings is 1. The summed E-state index contributed by atoms with van der Waals surface area (Å²) < 4.78 is 5.13. The number of rotatable bonds is 5. The maximum Gasteiger partial charge on any atom is 0.345 e. The fraction of sp³-hybridized carbons (Fsp3) is 0.400. The van der Waals surface area contributed by atoms with Gasteiger partial charge in [0.25, 0.3) is 0 Å². The van der Waals surface area contributed by atoms with Gasteiger partial charge in [0.05, 0.1) is 7.11 Å². The summed E-state index contributed by atoms with van der Waals surface area (Å²) in [4.78, 5) is 24.4. The molecule has 122 valence electrons. The van der Waals surface area contributed by atoms with Gasteiger partial charge in [-0.15, -0.1) is 11.3 Å². The van der Waals surface area contributed by atoms with E-state index in [9.17, 15) is 4.79 Å². The van der Waals surface area contributed by atoms with Crippen molar-refractivity contribution < 1.29 is 14.6 Å². The molecule has 0 unspecified atom stereocenters. The van der Waals surface area contributed by atoms with Crippen LogP contribution in [0.15, 0.2) is 23.7 Å². The third-order valence-corrected chi connectivity index (χ3v) is 4.72. The fourth-order valence-corrected chi connectivity index (χ4v) is 3.27. The van der Waals surface area contributed by atoms with Gasteiger partial charge < -0.3 is 14.7 Å². The fourth-order valence-electron chi connectivity index (χ4n) is 2.53. The minimum atomic E-state index is -0.860. The number of aromatic nitrogens is 2. The topological polar surface area (TPSA) is 78.8 Å². The summed E-state index contributed by atoms with van der Waals surface area (Å²) in [6.07, 6.45) is 1.70. The van der Waals surface area contributed by atoms with Gasteiger partial charge >= 0.3 is 5.97 Å². The lowest BCUT2D eigenvalue weighted by Crippen LogP contribution is -2.46. The van der Waals surface area contributed by atoms with Gasteiger partial charge in [-0.3, -0.25) is 4.90 Å². The van der Waals surface area contributed by atoms with Gasteiger partial charge in [0.15, 0.2) is 0 Å². The standard InChI is InChI=1S/C15H18N4O3S/c1-22-13-2-3-16-15(17-13)19-6-4-18(5-7-19)9-11-8-12(14(20)21)23-10-11/h2-3,8,10H,4-7,9H2,1H3,(H,20,21). The van der Waals surface area contributed by atoms with Crippen LogP contribution in [0.25, 0.3) is 0 Å². The summed E-state index contributed by atoms with van der Waals surface area (Å²) in [5.41, 5.74) is 1.05. The van der Waals surface area contributed by atoms with Crippen molar-refractivity contribution in [2.45, 2.75) is 6.54 Å². The quantitative estimate of drug-likeness (QED) is 0.889. The predicted molar refractivity (Wildman–Crippen MR) is 87.4 cm³/mol. The second-order valence-electron chi connectivity index (χ2n) is 5.29. The van der Waals surface area contributed by atoms with Gasteiger partial charge in [-0.2, -0.15) is 4.98 Å². The molecular weight excluding hydrogens is 316 g/mol. The van der Waals surface area contributed by atoms with Gasteiger partial charge in [-0.25, -0.2) is 9.78 Å². The van der Waals surface area contributed by atoms with E-state index in [2.05, 4.69) is 19.8 Å². The SMILES string of the molecule is COc1ccnc(N2CCN(Cc3csc(C(=O)O)c3)CC2)n1. The Hall–Kier alpha value is -2.19. The molecule has 0 aliphatic carbocycles. The third kappa shape index (κ3) is 3.77. The van der Waals surface area contributed by atoms with E-state index in [1.807, 2.05) is 5.38 Å². The van der Waals surface area contributed by atoms with E-state index in [0.29, 0.717) is 16.7 Å². The molecule has 1 aliphatic heterocycles. The second kappa shape index (κ2) is 6.93. The Morgan fingerprint density at radius 2 is 2.17 bits per heavy atom. The van der Waals surface area contributed by atoms with Crippen molar-refractivity contribution in [2.24, 2.45) is 0 Å². The zero-order valence-corrected chi connectivity index (χ0v) is 13.6. The second-order valence-corrected chi connectivity index (χ2v) is 6.20. The molecule has 1 fully saturated rings. The number of methoxy groups -OCH3 is 1. The molecule has 0 spiro atoms. The molecular formula is C15H18N4O3S. The summed E-state index contributed by atoms with van der Waals surface area (Å²) in [6.45, 7) is 4.22. The Labute approximate surface area is 138 Å². The number of hydrogen-bond donors (Lipinski definition) is 1. The molecule has 7 nitrogen and oxygen atoms in total. The molecule has 1 saturated heterocycles. The Balaban J connectivity index is 1.56. The molecule has 3 heterocycles. The Bertz CT molecular complexity index is 683. The minimum absolute atomic E-state index is 0.392. The molecule has 23 heavy (non-hydrogen) atoms. The minimum Gasteiger partial charge on any atom is -0.481 e. The number of carboxylic acid groups (broad SMARTS) is 1. The third-order valence-electron chi connectivity index (χ3n) is 3.75. The maximum atomic E-state index is 10.9. The number of carbonyl (C=O) groups is 1. The van der Waals surface area contributed by atoms with Gasteiger partial charge in [-0.05, 0) is 17.0 Å². The lowest BCUT2D eigenvalue weighted by molar-refractivity contribution is 0.0702. The molecule has 8 heteroatoms. The number of nitrogens with zero attached hydrogens (tertiary/aromatic N) is 4. The van der Waals surface area contributed by atoms with Crippen LogP contribution in [0.1, 0.15) is 15.2 Å². The van der Waals surface area contributed by atoms with Crippen LogP contribution < -0.4 is 9.64 Å². The number of aromatic carboxylic acids is 1. The highest BCUT2D eigenvalue weighted by atomic mass is 32.1. The van der Waals surface area contributed by atoms with Crippen molar-refractivity contribution in [1.82, 2.24) is 14.9 Å². The van der Waals surface area contributed by atoms with E-state index in [1.165, 1.54) is 11.3 Å². The molecule has 0 bridgehead atoms. The molecule has 1 aliphatic rings. The van der Waals surface area contributed by atoms with E-state index in [1.54, 1.807) is 25.4 Å². The number of carboxylic acids is 1. The zero-order valence-electron chi connectivity index (χ0n) is 12.8. The Morgan fingerprint density at radius 1 is 1.39 bits per heavy atom. The van der Waals surface area contributed by atoms with Gasteiger partial charge in [-0.1, -0.05) is 0 Å². The van der Waals surface area contributed by atoms with Crippen LogP contribution in [0.4, 0.5) is 5.95 Å². The summed E-state index contributed by atoms with van der Waals surface area (Å²) in [7, 11) is 1.59. The highest BCUT2D eigenvalue weighted by Gasteiger charge is 2.20. The van der Waals surface area contributed by atoms with E-state index < -0.39 is 5.97 Å². The highest BCUT2D eigenvalue weighted by molar-refractivity contribution is 7.12. The first-order valence-electron chi connectivity index (χ1n) is 7.31. The van der Waals surface area contributed by atoms with Crippen LogP contribution in [-0.2, 0) is 6.54 Å². The van der Waals surface area contributed by atoms with Gasteiger partial charge in [0, 0.05) is 45.0 Å². The Morgan fingerprint density at radius 3 is 2.83 bits per heavy atom. The molecule has 2 aromatic heterocycles. The van der Waals surface area contributed by atoms with Gasteiger partial charge in [0.1, 0.15) is 4.88 Å². The van der Waals surface area contributed by atoms with Crippen molar-refractivity contribution in [3.63, 3.8) is 0 Å². The first-order valence-corrected chi connectivity index (χ1v) is 8.18.